The number of methoxy groups -OCH3 is 3. The lowest BCUT2D eigenvalue weighted by atomic mass is 10.1. The molecule has 11 heteroatoms. The number of hydrogen-bond donors (Lipinski definition) is 3. The van der Waals surface area contributed by atoms with Crippen LogP contribution in [0.1, 0.15) is 32.3 Å². The van der Waals surface area contributed by atoms with Gasteiger partial charge in [-0.15, -0.1) is 11.8 Å². The molecule has 0 bridgehead atoms. The molecular weight excluding hydrogens is 686 g/mol. The first-order valence-corrected chi connectivity index (χ1v) is 17.0. The van der Waals surface area contributed by atoms with Gasteiger partial charge in [-0.1, -0.05) is 66.2 Å². The van der Waals surface area contributed by atoms with Gasteiger partial charge in [-0.2, -0.15) is 0 Å². The first-order chi connectivity index (χ1) is 24.7. The van der Waals surface area contributed by atoms with Crippen LogP contribution in [0, 0.1) is 6.92 Å². The number of amides is 3. The minimum Gasteiger partial charge on any atom is -0.496 e. The van der Waals surface area contributed by atoms with E-state index in [0.717, 1.165) is 16.0 Å². The summed E-state index contributed by atoms with van der Waals surface area (Å²) in [5.41, 5.74) is 3.62. The standard InChI is InChI=1S/C40H36ClN3O6S/c1-25-15-16-30(23-32(25)41)43-40(47)37(26-11-7-5-8-12-26)51-31-19-17-29(18-20-31)42-39(46)33(44-38(45)27-13-9-6-10-14-27)21-28-22-35(49-3)36(50-4)24-34(28)48-2/h5-24,37H,1-4H3,(H,42,46)(H,43,47)(H,44,45)/b33-21-. The lowest BCUT2D eigenvalue weighted by Gasteiger charge is -2.18. The number of hydrogen-bond acceptors (Lipinski definition) is 7. The van der Waals surface area contributed by atoms with Gasteiger partial charge in [0.1, 0.15) is 16.7 Å². The summed E-state index contributed by atoms with van der Waals surface area (Å²) in [7, 11) is 4.50. The largest absolute Gasteiger partial charge is 0.496 e. The second-order valence-corrected chi connectivity index (χ2v) is 12.8. The van der Waals surface area contributed by atoms with Crippen LogP contribution >= 0.6 is 23.4 Å². The second-order valence-electron chi connectivity index (χ2n) is 11.2. The average Bonchev–Trinajstić information content (AvgIpc) is 3.16. The van der Waals surface area contributed by atoms with Crippen LogP contribution in [0.5, 0.6) is 17.2 Å². The zero-order valence-corrected chi connectivity index (χ0v) is 29.9. The van der Waals surface area contributed by atoms with E-state index in [1.165, 1.54) is 39.2 Å². The van der Waals surface area contributed by atoms with Crippen LogP contribution in [0.15, 0.2) is 126 Å². The molecule has 5 aromatic rings. The van der Waals surface area contributed by atoms with Crippen molar-refractivity contribution in [1.29, 1.82) is 0 Å². The van der Waals surface area contributed by atoms with Crippen LogP contribution in [0.3, 0.4) is 0 Å². The Kier molecular flexibility index (Phi) is 12.4. The van der Waals surface area contributed by atoms with Crippen molar-refractivity contribution in [2.24, 2.45) is 0 Å². The molecule has 5 aromatic carbocycles. The van der Waals surface area contributed by atoms with Crippen molar-refractivity contribution >= 4 is 58.5 Å². The average molecular weight is 722 g/mol. The lowest BCUT2D eigenvalue weighted by molar-refractivity contribution is -0.116. The Labute approximate surface area is 306 Å². The van der Waals surface area contributed by atoms with Crippen molar-refractivity contribution in [2.75, 3.05) is 32.0 Å². The van der Waals surface area contributed by atoms with Gasteiger partial charge in [0.15, 0.2) is 11.5 Å². The van der Waals surface area contributed by atoms with Crippen molar-refractivity contribution in [2.45, 2.75) is 17.1 Å². The molecule has 9 nitrogen and oxygen atoms in total. The van der Waals surface area contributed by atoms with Gasteiger partial charge in [0.25, 0.3) is 11.8 Å². The number of carbonyl (C=O) groups is 3. The highest BCUT2D eigenvalue weighted by molar-refractivity contribution is 8.00. The van der Waals surface area contributed by atoms with Crippen molar-refractivity contribution in [3.05, 3.63) is 148 Å². The quantitative estimate of drug-likeness (QED) is 0.0825. The van der Waals surface area contributed by atoms with E-state index in [1.807, 2.05) is 61.5 Å². The van der Waals surface area contributed by atoms with Crippen molar-refractivity contribution < 1.29 is 28.6 Å². The molecule has 51 heavy (non-hydrogen) atoms. The van der Waals surface area contributed by atoms with Crippen LogP contribution in [-0.2, 0) is 9.59 Å². The first kappa shape index (κ1) is 36.6. The summed E-state index contributed by atoms with van der Waals surface area (Å²) >= 11 is 7.67. The van der Waals surface area contributed by atoms with Gasteiger partial charge in [0.05, 0.1) is 21.3 Å². The molecule has 0 saturated carbocycles. The summed E-state index contributed by atoms with van der Waals surface area (Å²) in [4.78, 5) is 41.3. The van der Waals surface area contributed by atoms with Crippen LogP contribution in [-0.4, -0.2) is 39.1 Å². The molecule has 0 aromatic heterocycles. The monoisotopic (exact) mass is 721 g/mol. The molecule has 1 atom stereocenters. The highest BCUT2D eigenvalue weighted by Crippen LogP contribution is 2.38. The summed E-state index contributed by atoms with van der Waals surface area (Å²) in [6, 6.07) is 33.8. The number of anilines is 2. The summed E-state index contributed by atoms with van der Waals surface area (Å²) in [6.07, 6.45) is 1.51. The lowest BCUT2D eigenvalue weighted by Crippen LogP contribution is -2.30. The normalized spacial score (nSPS) is 11.6. The van der Waals surface area contributed by atoms with E-state index >= 15 is 0 Å². The van der Waals surface area contributed by atoms with Crippen LogP contribution in [0.25, 0.3) is 6.08 Å². The first-order valence-electron chi connectivity index (χ1n) is 15.8. The third-order valence-electron chi connectivity index (χ3n) is 7.71. The molecule has 1 unspecified atom stereocenters. The van der Waals surface area contributed by atoms with E-state index in [9.17, 15) is 14.4 Å². The molecular formula is C40H36ClN3O6S. The maximum absolute atomic E-state index is 13.8. The van der Waals surface area contributed by atoms with E-state index < -0.39 is 17.1 Å². The third-order valence-corrected chi connectivity index (χ3v) is 9.38. The predicted octanol–water partition coefficient (Wildman–Crippen LogP) is 8.56. The summed E-state index contributed by atoms with van der Waals surface area (Å²) in [5.74, 6) is -0.00260. The number of halogens is 1. The van der Waals surface area contributed by atoms with Gasteiger partial charge >= 0.3 is 0 Å². The third kappa shape index (κ3) is 9.50. The Morgan fingerprint density at radius 3 is 1.94 bits per heavy atom. The zero-order chi connectivity index (χ0) is 36.3. The number of carbonyl (C=O) groups excluding carboxylic acids is 3. The molecule has 0 aliphatic heterocycles. The van der Waals surface area contributed by atoms with Crippen molar-refractivity contribution in [3.63, 3.8) is 0 Å². The van der Waals surface area contributed by atoms with E-state index in [-0.39, 0.29) is 11.6 Å². The SMILES string of the molecule is COc1cc(OC)c(OC)cc1/C=C(\NC(=O)c1ccccc1)C(=O)Nc1ccc(SC(C(=O)Nc2ccc(C)c(Cl)c2)c2ccccc2)cc1. The van der Waals surface area contributed by atoms with Gasteiger partial charge in [-0.3, -0.25) is 14.4 Å². The van der Waals surface area contributed by atoms with E-state index in [4.69, 9.17) is 25.8 Å². The highest BCUT2D eigenvalue weighted by atomic mass is 35.5. The molecule has 3 N–H and O–H groups in total. The smallest absolute Gasteiger partial charge is 0.272 e. The van der Waals surface area contributed by atoms with E-state index in [2.05, 4.69) is 16.0 Å². The molecule has 0 saturated heterocycles. The molecule has 3 amide bonds. The minimum absolute atomic E-state index is 0.0372. The fourth-order valence-electron chi connectivity index (χ4n) is 4.99. The van der Waals surface area contributed by atoms with Crippen molar-refractivity contribution in [3.8, 4) is 17.2 Å². The zero-order valence-electron chi connectivity index (χ0n) is 28.4. The molecule has 5 rings (SSSR count). The topological polar surface area (TPSA) is 115 Å². The molecule has 0 aliphatic carbocycles. The van der Waals surface area contributed by atoms with E-state index in [0.29, 0.717) is 44.8 Å². The van der Waals surface area contributed by atoms with E-state index in [1.54, 1.807) is 60.7 Å². The summed E-state index contributed by atoms with van der Waals surface area (Å²) in [6.45, 7) is 1.90. The molecule has 260 valence electrons. The van der Waals surface area contributed by atoms with Crippen LogP contribution in [0.2, 0.25) is 5.02 Å². The predicted molar refractivity (Wildman–Crippen MR) is 203 cm³/mol. The molecule has 0 radical (unpaired) electrons. The number of benzene rings is 5. The second kappa shape index (κ2) is 17.3. The molecule has 0 fully saturated rings. The minimum atomic E-state index is -0.578. The maximum Gasteiger partial charge on any atom is 0.272 e. The van der Waals surface area contributed by atoms with Crippen LogP contribution in [0.4, 0.5) is 11.4 Å². The fourth-order valence-corrected chi connectivity index (χ4v) is 6.20. The Hall–Kier alpha value is -5.71. The molecule has 0 aliphatic rings. The van der Waals surface area contributed by atoms with Crippen LogP contribution < -0.4 is 30.2 Å². The van der Waals surface area contributed by atoms with Crippen molar-refractivity contribution in [1.82, 2.24) is 5.32 Å². The molecule has 0 heterocycles. The summed E-state index contributed by atoms with van der Waals surface area (Å²) in [5, 5.41) is 8.57. The Balaban J connectivity index is 1.39. The highest BCUT2D eigenvalue weighted by Gasteiger charge is 2.23. The Morgan fingerprint density at radius 1 is 0.706 bits per heavy atom. The summed E-state index contributed by atoms with van der Waals surface area (Å²) < 4.78 is 16.4. The number of ether oxygens (including phenoxy) is 3. The number of nitrogens with one attached hydrogen (secondary N) is 3. The van der Waals surface area contributed by atoms with Gasteiger partial charge in [-0.05, 0) is 78.7 Å². The number of aryl methyl sites for hydroxylation is 1. The molecule has 0 spiro atoms. The van der Waals surface area contributed by atoms with Gasteiger partial charge in [0.2, 0.25) is 5.91 Å². The van der Waals surface area contributed by atoms with Gasteiger partial charge < -0.3 is 30.2 Å². The van der Waals surface area contributed by atoms with Gasteiger partial charge in [0, 0.05) is 38.5 Å². The Bertz CT molecular complexity index is 2040. The fraction of sp³-hybridized carbons (Fsp3) is 0.125. The Morgan fingerprint density at radius 2 is 1.31 bits per heavy atom. The van der Waals surface area contributed by atoms with Gasteiger partial charge in [-0.25, -0.2) is 0 Å². The number of thioether (sulfide) groups is 1. The number of rotatable bonds is 13. The maximum atomic E-state index is 13.8.